The van der Waals surface area contributed by atoms with Crippen molar-refractivity contribution in [1.29, 1.82) is 0 Å². The average Bonchev–Trinajstić information content (AvgIpc) is 2.18. The van der Waals surface area contributed by atoms with Crippen LogP contribution in [0, 0.1) is 0 Å². The molecule has 0 fully saturated rings. The minimum Gasteiger partial charge on any atom is -0.317 e. The van der Waals surface area contributed by atoms with Crippen LogP contribution in [0.15, 0.2) is 24.3 Å². The summed E-state index contributed by atoms with van der Waals surface area (Å²) in [5, 5.41) is 2.83. The first kappa shape index (κ1) is 11.2. The molecule has 1 atom stereocenters. The molecule has 0 aliphatic carbocycles. The van der Waals surface area contributed by atoms with E-state index in [1.807, 2.05) is 24.3 Å². The van der Waals surface area contributed by atoms with Gasteiger partial charge in [0, 0.05) is 6.54 Å². The second-order valence-corrected chi connectivity index (χ2v) is 3.85. The molecule has 2 heteroatoms. The van der Waals surface area contributed by atoms with Crippen LogP contribution in [-0.4, -0.2) is 13.6 Å². The van der Waals surface area contributed by atoms with E-state index in [0.29, 0.717) is 12.5 Å². The topological polar surface area (TPSA) is 12.0 Å². The van der Waals surface area contributed by atoms with Crippen LogP contribution >= 0.6 is 0 Å². The number of benzene rings is 1. The fourth-order valence-corrected chi connectivity index (χ4v) is 1.39. The first-order chi connectivity index (χ1) is 6.65. The van der Waals surface area contributed by atoms with Crippen molar-refractivity contribution in [2.45, 2.75) is 25.9 Å². The molecule has 0 bridgehead atoms. The predicted molar refractivity (Wildman–Crippen MR) is 58.3 cm³/mol. The summed E-state index contributed by atoms with van der Waals surface area (Å²) in [4.78, 5) is 0. The highest BCUT2D eigenvalue weighted by atomic mass is 19.1. The number of hydrogen-bond acceptors (Lipinski definition) is 1. The highest BCUT2D eigenvalue weighted by Gasteiger charge is 2.08. The Labute approximate surface area is 85.3 Å². The fourth-order valence-electron chi connectivity index (χ4n) is 1.39. The fraction of sp³-hybridized carbons (Fsp3) is 0.500. The SMILES string of the molecule is CNCC(F)c1ccc(C(C)C)cc1. The normalized spacial score (nSPS) is 13.2. The number of halogens is 1. The number of alkyl halides is 1. The lowest BCUT2D eigenvalue weighted by molar-refractivity contribution is 0.335. The standard InChI is InChI=1S/C12H18FN/c1-9(2)10-4-6-11(7-5-10)12(13)8-14-3/h4-7,9,12,14H,8H2,1-3H3. The zero-order valence-electron chi connectivity index (χ0n) is 9.05. The van der Waals surface area contributed by atoms with Crippen molar-refractivity contribution in [2.75, 3.05) is 13.6 Å². The van der Waals surface area contributed by atoms with Gasteiger partial charge in [-0.1, -0.05) is 38.1 Å². The minimum absolute atomic E-state index is 0.376. The molecule has 1 aromatic carbocycles. The van der Waals surface area contributed by atoms with E-state index < -0.39 is 6.17 Å². The molecule has 0 amide bonds. The van der Waals surface area contributed by atoms with Gasteiger partial charge in [-0.2, -0.15) is 0 Å². The Balaban J connectivity index is 2.72. The van der Waals surface area contributed by atoms with Crippen molar-refractivity contribution in [2.24, 2.45) is 0 Å². The Morgan fingerprint density at radius 3 is 2.07 bits per heavy atom. The molecule has 1 unspecified atom stereocenters. The lowest BCUT2D eigenvalue weighted by Crippen LogP contribution is -2.13. The third-order valence-corrected chi connectivity index (χ3v) is 2.35. The van der Waals surface area contributed by atoms with Crippen LogP contribution in [0.25, 0.3) is 0 Å². The Kier molecular flexibility index (Phi) is 4.08. The molecule has 1 N–H and O–H groups in total. The molecule has 0 radical (unpaired) electrons. The van der Waals surface area contributed by atoms with Gasteiger partial charge in [0.25, 0.3) is 0 Å². The summed E-state index contributed by atoms with van der Waals surface area (Å²) in [5.41, 5.74) is 2.01. The summed E-state index contributed by atoms with van der Waals surface area (Å²) in [6, 6.07) is 7.75. The maximum Gasteiger partial charge on any atom is 0.137 e. The van der Waals surface area contributed by atoms with Crippen LogP contribution in [0.2, 0.25) is 0 Å². The molecular formula is C12H18FN. The molecule has 78 valence electrons. The highest BCUT2D eigenvalue weighted by molar-refractivity contribution is 5.26. The number of likely N-dealkylation sites (N-methyl/N-ethyl adjacent to an activating group) is 1. The van der Waals surface area contributed by atoms with E-state index in [2.05, 4.69) is 19.2 Å². The predicted octanol–water partition coefficient (Wildman–Crippen LogP) is 3.04. The van der Waals surface area contributed by atoms with Gasteiger partial charge in [0.05, 0.1) is 0 Å². The van der Waals surface area contributed by atoms with Crippen molar-refractivity contribution in [1.82, 2.24) is 5.32 Å². The molecule has 0 saturated heterocycles. The van der Waals surface area contributed by atoms with Gasteiger partial charge in [-0.3, -0.25) is 0 Å². The third-order valence-electron chi connectivity index (χ3n) is 2.35. The molecule has 1 aromatic rings. The number of hydrogen-bond donors (Lipinski definition) is 1. The second kappa shape index (κ2) is 5.11. The molecule has 0 saturated carbocycles. The lowest BCUT2D eigenvalue weighted by Gasteiger charge is -2.10. The van der Waals surface area contributed by atoms with Crippen molar-refractivity contribution < 1.29 is 4.39 Å². The van der Waals surface area contributed by atoms with E-state index in [1.165, 1.54) is 5.56 Å². The average molecular weight is 195 g/mol. The van der Waals surface area contributed by atoms with E-state index in [1.54, 1.807) is 7.05 Å². The summed E-state index contributed by atoms with van der Waals surface area (Å²) >= 11 is 0. The maximum absolute atomic E-state index is 13.4. The van der Waals surface area contributed by atoms with Gasteiger partial charge < -0.3 is 5.32 Å². The van der Waals surface area contributed by atoms with Gasteiger partial charge in [0.2, 0.25) is 0 Å². The van der Waals surface area contributed by atoms with Gasteiger partial charge in [-0.25, -0.2) is 4.39 Å². The zero-order chi connectivity index (χ0) is 10.6. The first-order valence-electron chi connectivity index (χ1n) is 5.03. The third kappa shape index (κ3) is 2.81. The minimum atomic E-state index is -0.902. The Morgan fingerprint density at radius 1 is 1.14 bits per heavy atom. The van der Waals surface area contributed by atoms with E-state index in [0.717, 1.165) is 5.56 Å². The van der Waals surface area contributed by atoms with E-state index >= 15 is 0 Å². The molecule has 14 heavy (non-hydrogen) atoms. The summed E-state index contributed by atoms with van der Waals surface area (Å²) in [6.45, 7) is 4.64. The maximum atomic E-state index is 13.4. The smallest absolute Gasteiger partial charge is 0.137 e. The van der Waals surface area contributed by atoms with Crippen molar-refractivity contribution in [3.63, 3.8) is 0 Å². The van der Waals surface area contributed by atoms with Crippen LogP contribution in [0.5, 0.6) is 0 Å². The summed E-state index contributed by atoms with van der Waals surface area (Å²) in [7, 11) is 1.76. The van der Waals surface area contributed by atoms with Gasteiger partial charge in [-0.15, -0.1) is 0 Å². The Morgan fingerprint density at radius 2 is 1.64 bits per heavy atom. The molecule has 1 nitrogen and oxygen atoms in total. The summed E-state index contributed by atoms with van der Waals surface area (Å²) in [5.74, 6) is 0.506. The second-order valence-electron chi connectivity index (χ2n) is 3.85. The molecular weight excluding hydrogens is 177 g/mol. The van der Waals surface area contributed by atoms with Crippen molar-refractivity contribution in [3.8, 4) is 0 Å². The molecule has 0 heterocycles. The summed E-state index contributed by atoms with van der Waals surface area (Å²) in [6.07, 6.45) is -0.902. The van der Waals surface area contributed by atoms with Crippen molar-refractivity contribution >= 4 is 0 Å². The van der Waals surface area contributed by atoms with E-state index in [4.69, 9.17) is 0 Å². The summed E-state index contributed by atoms with van der Waals surface area (Å²) < 4.78 is 13.4. The monoisotopic (exact) mass is 195 g/mol. The van der Waals surface area contributed by atoms with Gasteiger partial charge >= 0.3 is 0 Å². The quantitative estimate of drug-likeness (QED) is 0.778. The van der Waals surface area contributed by atoms with Crippen LogP contribution in [0.4, 0.5) is 4.39 Å². The molecule has 0 aromatic heterocycles. The Hall–Kier alpha value is -0.890. The van der Waals surface area contributed by atoms with Crippen molar-refractivity contribution in [3.05, 3.63) is 35.4 Å². The van der Waals surface area contributed by atoms with Crippen LogP contribution in [-0.2, 0) is 0 Å². The van der Waals surface area contributed by atoms with Gasteiger partial charge in [0.15, 0.2) is 0 Å². The van der Waals surface area contributed by atoms with E-state index in [-0.39, 0.29) is 0 Å². The van der Waals surface area contributed by atoms with Crippen LogP contribution in [0.3, 0.4) is 0 Å². The Bertz CT molecular complexity index is 266. The highest BCUT2D eigenvalue weighted by Crippen LogP contribution is 2.20. The largest absolute Gasteiger partial charge is 0.317 e. The molecule has 0 spiro atoms. The van der Waals surface area contributed by atoms with E-state index in [9.17, 15) is 4.39 Å². The molecule has 0 aliphatic rings. The van der Waals surface area contributed by atoms with Crippen LogP contribution in [0.1, 0.15) is 37.1 Å². The zero-order valence-corrected chi connectivity index (χ0v) is 9.05. The van der Waals surface area contributed by atoms with Crippen LogP contribution < -0.4 is 5.32 Å². The number of nitrogens with one attached hydrogen (secondary N) is 1. The number of rotatable bonds is 4. The van der Waals surface area contributed by atoms with Gasteiger partial charge in [0.1, 0.15) is 6.17 Å². The lowest BCUT2D eigenvalue weighted by atomic mass is 10.0. The van der Waals surface area contributed by atoms with Gasteiger partial charge in [-0.05, 0) is 24.1 Å². The molecule has 0 aliphatic heterocycles. The first-order valence-corrected chi connectivity index (χ1v) is 5.03. The molecule has 1 rings (SSSR count).